The number of hydrogen-bond acceptors (Lipinski definition) is 5. The highest BCUT2D eigenvalue weighted by atomic mass is 16.4. The number of carboxylic acids is 1. The van der Waals surface area contributed by atoms with Crippen molar-refractivity contribution in [3.8, 4) is 11.3 Å². The smallest absolute Gasteiger partial charge is 0.307 e. The molecule has 0 spiro atoms. The minimum absolute atomic E-state index is 0.0130. The molecule has 8 heteroatoms. The van der Waals surface area contributed by atoms with Gasteiger partial charge in [-0.3, -0.25) is 4.79 Å². The van der Waals surface area contributed by atoms with Gasteiger partial charge in [0.1, 0.15) is 0 Å². The van der Waals surface area contributed by atoms with Gasteiger partial charge in [-0.1, -0.05) is 18.2 Å². The molecule has 0 saturated heterocycles. The first-order valence-electron chi connectivity index (χ1n) is 8.87. The molecule has 1 aliphatic carbocycles. The summed E-state index contributed by atoms with van der Waals surface area (Å²) in [6, 6.07) is 9.84. The molecule has 0 radical (unpaired) electrons. The molecule has 1 fully saturated rings. The Morgan fingerprint density at radius 1 is 1.33 bits per heavy atom. The topological polar surface area (TPSA) is 97.3 Å². The zero-order valence-corrected chi connectivity index (χ0v) is 14.8. The molecular weight excluding hydrogens is 344 g/mol. The zero-order valence-electron chi connectivity index (χ0n) is 14.8. The summed E-state index contributed by atoms with van der Waals surface area (Å²) >= 11 is 0. The van der Waals surface area contributed by atoms with Crippen molar-refractivity contribution in [1.82, 2.24) is 24.1 Å². The van der Waals surface area contributed by atoms with Crippen LogP contribution in [0.15, 0.2) is 36.7 Å². The van der Waals surface area contributed by atoms with E-state index < -0.39 is 5.97 Å². The first kappa shape index (κ1) is 15.8. The highest BCUT2D eigenvalue weighted by Crippen LogP contribution is 2.30. The van der Waals surface area contributed by atoms with Gasteiger partial charge in [0.25, 0.3) is 0 Å². The maximum atomic E-state index is 11.0. The van der Waals surface area contributed by atoms with Crippen molar-refractivity contribution in [3.63, 3.8) is 0 Å². The zero-order chi connectivity index (χ0) is 18.5. The normalized spacial score (nSPS) is 14.1. The van der Waals surface area contributed by atoms with Gasteiger partial charge in [-0.05, 0) is 24.5 Å². The molecule has 8 nitrogen and oxygen atoms in total. The van der Waals surface area contributed by atoms with E-state index in [1.54, 1.807) is 10.8 Å². The number of rotatable bonds is 5. The van der Waals surface area contributed by atoms with Crippen LogP contribution in [0.2, 0.25) is 0 Å². The molecule has 1 aliphatic rings. The average molecular weight is 362 g/mol. The molecule has 3 heterocycles. The molecule has 5 rings (SSSR count). The number of fused-ring (bicyclic) bond motifs is 3. The third-order valence-corrected chi connectivity index (χ3v) is 4.74. The van der Waals surface area contributed by atoms with Crippen LogP contribution in [-0.4, -0.2) is 41.3 Å². The first-order valence-corrected chi connectivity index (χ1v) is 8.87. The van der Waals surface area contributed by atoms with Crippen LogP contribution in [0.25, 0.3) is 28.1 Å². The highest BCUT2D eigenvalue weighted by molar-refractivity contribution is 5.86. The predicted octanol–water partition coefficient (Wildman–Crippen LogP) is 2.48. The first-order chi connectivity index (χ1) is 13.1. The minimum atomic E-state index is -0.851. The minimum Gasteiger partial charge on any atom is -0.481 e. The van der Waals surface area contributed by atoms with E-state index in [-0.39, 0.29) is 6.42 Å². The van der Waals surface area contributed by atoms with Crippen LogP contribution in [0.5, 0.6) is 0 Å². The van der Waals surface area contributed by atoms with Gasteiger partial charge in [0, 0.05) is 24.7 Å². The second kappa shape index (κ2) is 5.80. The van der Waals surface area contributed by atoms with Gasteiger partial charge in [-0.15, -0.1) is 0 Å². The van der Waals surface area contributed by atoms with E-state index in [0.29, 0.717) is 6.04 Å². The Balaban J connectivity index is 1.66. The largest absolute Gasteiger partial charge is 0.481 e. The molecule has 27 heavy (non-hydrogen) atoms. The lowest BCUT2D eigenvalue weighted by Crippen LogP contribution is -2.07. The second-order valence-electron chi connectivity index (χ2n) is 6.98. The monoisotopic (exact) mass is 362 g/mol. The van der Waals surface area contributed by atoms with Crippen LogP contribution in [-0.2, 0) is 18.3 Å². The number of benzene rings is 1. The molecular formula is C19H18N6O2. The average Bonchev–Trinajstić information content (AvgIpc) is 3.20. The number of carboxylic acid groups (broad SMARTS) is 1. The summed E-state index contributed by atoms with van der Waals surface area (Å²) < 4.78 is 3.72. The fraction of sp³-hybridized carbons (Fsp3) is 0.263. The van der Waals surface area contributed by atoms with Crippen molar-refractivity contribution < 1.29 is 9.90 Å². The van der Waals surface area contributed by atoms with E-state index in [0.717, 1.165) is 52.3 Å². The lowest BCUT2D eigenvalue weighted by Gasteiger charge is -2.06. The molecule has 136 valence electrons. The Kier molecular flexibility index (Phi) is 3.40. The number of nitrogens with one attached hydrogen (secondary N) is 1. The van der Waals surface area contributed by atoms with Crippen LogP contribution in [0.1, 0.15) is 18.4 Å². The number of aryl methyl sites for hydroxylation is 1. The summed E-state index contributed by atoms with van der Waals surface area (Å²) in [5.41, 5.74) is 4.76. The summed E-state index contributed by atoms with van der Waals surface area (Å²) in [5, 5.41) is 17.2. The van der Waals surface area contributed by atoms with E-state index in [9.17, 15) is 4.79 Å². The molecule has 0 atom stereocenters. The van der Waals surface area contributed by atoms with E-state index in [4.69, 9.17) is 15.2 Å². The Bertz CT molecular complexity index is 1190. The number of nitrogens with zero attached hydrogens (tertiary/aromatic N) is 5. The molecule has 0 bridgehead atoms. The summed E-state index contributed by atoms with van der Waals surface area (Å²) in [6.45, 7) is 0. The maximum absolute atomic E-state index is 11.0. The van der Waals surface area contributed by atoms with Gasteiger partial charge in [0.15, 0.2) is 22.6 Å². The highest BCUT2D eigenvalue weighted by Gasteiger charge is 2.24. The third-order valence-electron chi connectivity index (χ3n) is 4.74. The van der Waals surface area contributed by atoms with Crippen molar-refractivity contribution in [2.75, 3.05) is 5.32 Å². The second-order valence-corrected chi connectivity index (χ2v) is 6.98. The van der Waals surface area contributed by atoms with Crippen molar-refractivity contribution >= 4 is 28.6 Å². The molecule has 0 unspecified atom stereocenters. The van der Waals surface area contributed by atoms with Gasteiger partial charge in [0.2, 0.25) is 0 Å². The molecule has 1 saturated carbocycles. The lowest BCUT2D eigenvalue weighted by atomic mass is 10.1. The third kappa shape index (κ3) is 2.79. The fourth-order valence-electron chi connectivity index (χ4n) is 3.29. The molecule has 0 aliphatic heterocycles. The van der Waals surface area contributed by atoms with Gasteiger partial charge in [-0.2, -0.15) is 9.61 Å². The predicted molar refractivity (Wildman–Crippen MR) is 101 cm³/mol. The number of carbonyl (C=O) groups is 1. The Morgan fingerprint density at radius 3 is 2.96 bits per heavy atom. The van der Waals surface area contributed by atoms with Gasteiger partial charge in [-0.25, -0.2) is 9.97 Å². The fourth-order valence-corrected chi connectivity index (χ4v) is 3.29. The van der Waals surface area contributed by atoms with Crippen LogP contribution in [0.3, 0.4) is 0 Å². The van der Waals surface area contributed by atoms with Crippen molar-refractivity contribution in [1.29, 1.82) is 0 Å². The van der Waals surface area contributed by atoms with Crippen LogP contribution in [0.4, 0.5) is 5.82 Å². The molecule has 0 amide bonds. The number of imidazole rings is 1. The van der Waals surface area contributed by atoms with Gasteiger partial charge < -0.3 is 15.0 Å². The van der Waals surface area contributed by atoms with Crippen LogP contribution >= 0.6 is 0 Å². The Hall–Kier alpha value is -3.42. The molecule has 2 N–H and O–H groups in total. The van der Waals surface area contributed by atoms with Crippen molar-refractivity contribution in [3.05, 3.63) is 42.2 Å². The Labute approximate surface area is 154 Å². The van der Waals surface area contributed by atoms with Crippen molar-refractivity contribution in [2.24, 2.45) is 7.05 Å². The van der Waals surface area contributed by atoms with E-state index in [2.05, 4.69) is 10.3 Å². The number of hydrogen-bond donors (Lipinski definition) is 2. The lowest BCUT2D eigenvalue weighted by molar-refractivity contribution is -0.136. The molecule has 4 aromatic rings. The summed E-state index contributed by atoms with van der Waals surface area (Å²) in [5.74, 6) is -0.0668. The Morgan fingerprint density at radius 2 is 2.19 bits per heavy atom. The van der Waals surface area contributed by atoms with Crippen LogP contribution in [0, 0.1) is 0 Å². The molecule has 3 aromatic heterocycles. The quantitative estimate of drug-likeness (QED) is 0.566. The number of anilines is 1. The van der Waals surface area contributed by atoms with E-state index >= 15 is 0 Å². The SMILES string of the molecule is Cn1cnc2c(NC3CC3)nc3cc(-c4cccc(CC(=O)O)c4)nn3c21. The van der Waals surface area contributed by atoms with E-state index in [1.165, 1.54) is 0 Å². The number of aliphatic carboxylic acids is 1. The summed E-state index contributed by atoms with van der Waals surface area (Å²) in [4.78, 5) is 20.2. The van der Waals surface area contributed by atoms with E-state index in [1.807, 2.05) is 41.9 Å². The summed E-state index contributed by atoms with van der Waals surface area (Å²) in [7, 11) is 1.94. The van der Waals surface area contributed by atoms with Gasteiger partial charge in [0.05, 0.1) is 18.4 Å². The maximum Gasteiger partial charge on any atom is 0.307 e. The van der Waals surface area contributed by atoms with Crippen LogP contribution < -0.4 is 5.32 Å². The number of aromatic nitrogens is 5. The van der Waals surface area contributed by atoms with Gasteiger partial charge >= 0.3 is 5.97 Å². The summed E-state index contributed by atoms with van der Waals surface area (Å²) in [6.07, 6.45) is 4.06. The standard InChI is InChI=1S/C19H18N6O2/c1-24-10-20-17-18(21-13-5-6-13)22-15-9-14(23-25(15)19(17)24)12-4-2-3-11(7-12)8-16(26)27/h2-4,7,9-10,13H,5-6,8H2,1H3,(H,21,22)(H,26,27). The molecule has 1 aromatic carbocycles. The van der Waals surface area contributed by atoms with Crippen molar-refractivity contribution in [2.45, 2.75) is 25.3 Å².